The molecule has 2 heteroatoms. The molecule has 1 aliphatic rings. The number of nitrogens with zero attached hydrogens (tertiary/aromatic N) is 1. The van der Waals surface area contributed by atoms with E-state index >= 15 is 0 Å². The zero-order valence-corrected chi connectivity index (χ0v) is 11.9. The molecule has 1 aromatic carbocycles. The van der Waals surface area contributed by atoms with E-state index in [1.165, 1.54) is 37.1 Å². The van der Waals surface area contributed by atoms with Crippen LogP contribution in [0.15, 0.2) is 24.3 Å². The molecule has 0 unspecified atom stereocenters. The summed E-state index contributed by atoms with van der Waals surface area (Å²) < 4.78 is 0. The first-order valence-corrected chi connectivity index (χ1v) is 7.18. The maximum absolute atomic E-state index is 3.69. The van der Waals surface area contributed by atoms with Crippen LogP contribution in [0.3, 0.4) is 0 Å². The molecular formula is C16H26N2. The summed E-state index contributed by atoms with van der Waals surface area (Å²) in [5.74, 6) is 0. The fourth-order valence-electron chi connectivity index (χ4n) is 2.59. The fraction of sp³-hybridized carbons (Fsp3) is 0.625. The molecule has 1 heterocycles. The highest BCUT2D eigenvalue weighted by Gasteiger charge is 2.19. The molecule has 18 heavy (non-hydrogen) atoms. The third-order valence-corrected chi connectivity index (χ3v) is 3.98. The number of nitrogens with one attached hydrogen (secondary N) is 1. The van der Waals surface area contributed by atoms with Gasteiger partial charge in [-0.15, -0.1) is 0 Å². The largest absolute Gasteiger partial charge is 0.310 e. The molecule has 1 aromatic rings. The Morgan fingerprint density at radius 1 is 1.17 bits per heavy atom. The summed E-state index contributed by atoms with van der Waals surface area (Å²) in [6.07, 6.45) is 2.56. The van der Waals surface area contributed by atoms with Gasteiger partial charge in [0.15, 0.2) is 0 Å². The molecule has 0 amide bonds. The second kappa shape index (κ2) is 6.35. The van der Waals surface area contributed by atoms with Crippen LogP contribution in [-0.4, -0.2) is 30.1 Å². The highest BCUT2D eigenvalue weighted by atomic mass is 15.2. The monoisotopic (exact) mass is 246 g/mol. The second-order valence-corrected chi connectivity index (χ2v) is 5.77. The molecule has 1 fully saturated rings. The lowest BCUT2D eigenvalue weighted by molar-refractivity contribution is 0.161. The molecule has 2 rings (SSSR count). The normalized spacial score (nSPS) is 18.4. The lowest BCUT2D eigenvalue weighted by Crippen LogP contribution is -2.44. The Kier molecular flexibility index (Phi) is 4.79. The van der Waals surface area contributed by atoms with E-state index in [1.54, 1.807) is 0 Å². The van der Waals surface area contributed by atoms with Crippen molar-refractivity contribution in [3.8, 4) is 0 Å². The quantitative estimate of drug-likeness (QED) is 0.878. The van der Waals surface area contributed by atoms with Crippen LogP contribution in [0, 0.1) is 6.92 Å². The van der Waals surface area contributed by atoms with Gasteiger partial charge in [0.05, 0.1) is 0 Å². The lowest BCUT2D eigenvalue weighted by atomic mass is 10.0. The fourth-order valence-corrected chi connectivity index (χ4v) is 2.59. The third kappa shape index (κ3) is 3.82. The highest BCUT2D eigenvalue weighted by molar-refractivity contribution is 5.21. The molecule has 0 radical (unpaired) electrons. The van der Waals surface area contributed by atoms with E-state index in [2.05, 4.69) is 55.3 Å². The minimum absolute atomic E-state index is 0.696. The Morgan fingerprint density at radius 2 is 1.78 bits per heavy atom. The van der Waals surface area contributed by atoms with Crippen molar-refractivity contribution in [2.24, 2.45) is 0 Å². The minimum atomic E-state index is 0.696. The predicted molar refractivity (Wildman–Crippen MR) is 77.7 cm³/mol. The molecule has 1 N–H and O–H groups in total. The smallest absolute Gasteiger partial charge is 0.0208 e. The van der Waals surface area contributed by atoms with Gasteiger partial charge in [-0.1, -0.05) is 29.8 Å². The van der Waals surface area contributed by atoms with Gasteiger partial charge in [-0.25, -0.2) is 0 Å². The number of piperidine rings is 1. The van der Waals surface area contributed by atoms with Gasteiger partial charge in [-0.3, -0.25) is 0 Å². The summed E-state index contributed by atoms with van der Waals surface area (Å²) in [4.78, 5) is 2.57. The zero-order valence-electron chi connectivity index (χ0n) is 11.9. The van der Waals surface area contributed by atoms with Crippen LogP contribution >= 0.6 is 0 Å². The average molecular weight is 246 g/mol. The van der Waals surface area contributed by atoms with E-state index in [1.807, 2.05) is 0 Å². The second-order valence-electron chi connectivity index (χ2n) is 5.77. The summed E-state index contributed by atoms with van der Waals surface area (Å²) in [5.41, 5.74) is 2.73. The van der Waals surface area contributed by atoms with Crippen LogP contribution in [0.25, 0.3) is 0 Å². The number of likely N-dealkylation sites (tertiary alicyclic amines) is 1. The number of rotatable bonds is 4. The van der Waals surface area contributed by atoms with Crippen molar-refractivity contribution in [3.05, 3.63) is 35.4 Å². The summed E-state index contributed by atoms with van der Waals surface area (Å²) in [5, 5.41) is 3.69. The molecule has 0 saturated carbocycles. The van der Waals surface area contributed by atoms with Gasteiger partial charge >= 0.3 is 0 Å². The van der Waals surface area contributed by atoms with Crippen molar-refractivity contribution in [2.75, 3.05) is 13.1 Å². The lowest BCUT2D eigenvalue weighted by Gasteiger charge is -2.35. The topological polar surface area (TPSA) is 15.3 Å². The Balaban J connectivity index is 1.74. The van der Waals surface area contributed by atoms with Crippen LogP contribution < -0.4 is 5.32 Å². The summed E-state index contributed by atoms with van der Waals surface area (Å²) in [6.45, 7) is 10.2. The summed E-state index contributed by atoms with van der Waals surface area (Å²) in [7, 11) is 0. The highest BCUT2D eigenvalue weighted by Crippen LogP contribution is 2.13. The molecule has 100 valence electrons. The van der Waals surface area contributed by atoms with E-state index in [4.69, 9.17) is 0 Å². The van der Waals surface area contributed by atoms with Gasteiger partial charge < -0.3 is 10.2 Å². The maximum atomic E-state index is 3.69. The Hall–Kier alpha value is -0.860. The van der Waals surface area contributed by atoms with Crippen LogP contribution in [0.2, 0.25) is 0 Å². The SMILES string of the molecule is Cc1ccc(CNC2CCN(C(C)C)CC2)cc1. The molecular weight excluding hydrogens is 220 g/mol. The van der Waals surface area contributed by atoms with Crippen LogP contribution in [0.5, 0.6) is 0 Å². The van der Waals surface area contributed by atoms with Gasteiger partial charge in [0.1, 0.15) is 0 Å². The maximum Gasteiger partial charge on any atom is 0.0208 e. The van der Waals surface area contributed by atoms with Crippen molar-refractivity contribution < 1.29 is 0 Å². The first-order valence-electron chi connectivity index (χ1n) is 7.18. The first kappa shape index (κ1) is 13.6. The number of aryl methyl sites for hydroxylation is 1. The van der Waals surface area contributed by atoms with Crippen molar-refractivity contribution in [3.63, 3.8) is 0 Å². The molecule has 2 nitrogen and oxygen atoms in total. The molecule has 0 atom stereocenters. The van der Waals surface area contributed by atoms with Crippen LogP contribution in [0.1, 0.15) is 37.8 Å². The Labute approximate surface area is 111 Å². The van der Waals surface area contributed by atoms with Gasteiger partial charge in [-0.05, 0) is 52.3 Å². The van der Waals surface area contributed by atoms with Gasteiger partial charge in [0.2, 0.25) is 0 Å². The van der Waals surface area contributed by atoms with Crippen molar-refractivity contribution in [2.45, 2.75) is 52.2 Å². The zero-order chi connectivity index (χ0) is 13.0. The Bertz CT molecular complexity index is 348. The summed E-state index contributed by atoms with van der Waals surface area (Å²) >= 11 is 0. The van der Waals surface area contributed by atoms with E-state index in [9.17, 15) is 0 Å². The molecule has 1 saturated heterocycles. The minimum Gasteiger partial charge on any atom is -0.310 e. The van der Waals surface area contributed by atoms with Crippen molar-refractivity contribution in [1.82, 2.24) is 10.2 Å². The van der Waals surface area contributed by atoms with Gasteiger partial charge in [0.25, 0.3) is 0 Å². The predicted octanol–water partition coefficient (Wildman–Crippen LogP) is 2.96. The molecule has 0 bridgehead atoms. The van der Waals surface area contributed by atoms with E-state index in [0.717, 1.165) is 6.54 Å². The van der Waals surface area contributed by atoms with Crippen LogP contribution in [-0.2, 0) is 6.54 Å². The molecule has 0 aliphatic carbocycles. The summed E-state index contributed by atoms with van der Waals surface area (Å²) in [6, 6.07) is 10.2. The van der Waals surface area contributed by atoms with Crippen molar-refractivity contribution >= 4 is 0 Å². The van der Waals surface area contributed by atoms with Crippen LogP contribution in [0.4, 0.5) is 0 Å². The number of benzene rings is 1. The van der Waals surface area contributed by atoms with Gasteiger partial charge in [0, 0.05) is 18.6 Å². The third-order valence-electron chi connectivity index (χ3n) is 3.98. The molecule has 0 spiro atoms. The van der Waals surface area contributed by atoms with Crippen molar-refractivity contribution in [1.29, 1.82) is 0 Å². The average Bonchev–Trinajstić information content (AvgIpc) is 2.38. The van der Waals surface area contributed by atoms with E-state index in [0.29, 0.717) is 12.1 Å². The first-order chi connectivity index (χ1) is 8.65. The standard InChI is InChI=1S/C16H26N2/c1-13(2)18-10-8-16(9-11-18)17-12-15-6-4-14(3)5-7-15/h4-7,13,16-17H,8-12H2,1-3H3. The number of hydrogen-bond donors (Lipinski definition) is 1. The van der Waals surface area contributed by atoms with E-state index < -0.39 is 0 Å². The van der Waals surface area contributed by atoms with E-state index in [-0.39, 0.29) is 0 Å². The number of hydrogen-bond acceptors (Lipinski definition) is 2. The molecule has 0 aromatic heterocycles. The molecule has 1 aliphatic heterocycles. The van der Waals surface area contributed by atoms with Gasteiger partial charge in [-0.2, -0.15) is 0 Å². The Morgan fingerprint density at radius 3 is 2.33 bits per heavy atom.